The number of furan rings is 1. The molecule has 4 rings (SSSR count). The number of aromatic nitrogens is 3. The summed E-state index contributed by atoms with van der Waals surface area (Å²) in [5, 5.41) is 12.0. The molecule has 0 fully saturated rings. The predicted octanol–water partition coefficient (Wildman–Crippen LogP) is 5.39. The van der Waals surface area contributed by atoms with Gasteiger partial charge in [-0.05, 0) is 56.7 Å². The van der Waals surface area contributed by atoms with Crippen LogP contribution in [0.1, 0.15) is 36.8 Å². The number of rotatable bonds is 8. The summed E-state index contributed by atoms with van der Waals surface area (Å²) in [7, 11) is 0. The molecule has 6 nitrogen and oxygen atoms in total. The van der Waals surface area contributed by atoms with E-state index in [1.807, 2.05) is 55.7 Å². The monoisotopic (exact) mass is 464 g/mol. The maximum atomic E-state index is 13.2. The normalized spacial score (nSPS) is 13.0. The van der Waals surface area contributed by atoms with E-state index < -0.39 is 5.25 Å². The summed E-state index contributed by atoms with van der Waals surface area (Å²) in [6, 6.07) is 17.7. The number of carbonyl (C=O) groups excluding carboxylic acids is 1. The average molecular weight is 465 g/mol. The van der Waals surface area contributed by atoms with Crippen LogP contribution in [0.15, 0.2) is 76.5 Å². The quantitative estimate of drug-likeness (QED) is 0.354. The molecule has 1 N–H and O–H groups in total. The fraction of sp³-hybridized carbons (Fsp3) is 0.240. The SMILES string of the molecule is Cc1cccc(-c2nnc(S[C@@H](C)C(=O)N[C@H](C)c3ccc(F)cc3)n2Cc2ccco2)c1. The van der Waals surface area contributed by atoms with Crippen LogP contribution in [0, 0.1) is 12.7 Å². The third-order valence-corrected chi connectivity index (χ3v) is 6.35. The van der Waals surface area contributed by atoms with Crippen LogP contribution in [0.25, 0.3) is 11.4 Å². The Labute approximate surface area is 196 Å². The van der Waals surface area contributed by atoms with E-state index in [-0.39, 0.29) is 17.8 Å². The number of benzene rings is 2. The molecule has 170 valence electrons. The number of nitrogens with zero attached hydrogens (tertiary/aromatic N) is 3. The number of thioether (sulfide) groups is 1. The van der Waals surface area contributed by atoms with Crippen molar-refractivity contribution >= 4 is 17.7 Å². The van der Waals surface area contributed by atoms with Crippen molar-refractivity contribution in [3.05, 3.63) is 89.6 Å². The minimum atomic E-state index is -0.419. The van der Waals surface area contributed by atoms with Crippen LogP contribution in [0.3, 0.4) is 0 Å². The molecule has 2 aromatic carbocycles. The van der Waals surface area contributed by atoms with Gasteiger partial charge in [0, 0.05) is 5.56 Å². The molecule has 1 amide bonds. The number of nitrogens with one attached hydrogen (secondary N) is 1. The van der Waals surface area contributed by atoms with Crippen LogP contribution < -0.4 is 5.32 Å². The van der Waals surface area contributed by atoms with Crippen molar-refractivity contribution < 1.29 is 13.6 Å². The van der Waals surface area contributed by atoms with Crippen molar-refractivity contribution in [3.63, 3.8) is 0 Å². The van der Waals surface area contributed by atoms with Crippen molar-refractivity contribution in [2.75, 3.05) is 0 Å². The van der Waals surface area contributed by atoms with E-state index in [1.165, 1.54) is 23.9 Å². The zero-order chi connectivity index (χ0) is 23.4. The molecule has 0 saturated heterocycles. The van der Waals surface area contributed by atoms with Crippen molar-refractivity contribution in [2.45, 2.75) is 43.8 Å². The van der Waals surface area contributed by atoms with E-state index in [2.05, 4.69) is 21.6 Å². The lowest BCUT2D eigenvalue weighted by Gasteiger charge is -2.18. The van der Waals surface area contributed by atoms with Crippen LogP contribution in [0.5, 0.6) is 0 Å². The van der Waals surface area contributed by atoms with E-state index in [0.29, 0.717) is 17.5 Å². The highest BCUT2D eigenvalue weighted by Crippen LogP contribution is 2.29. The van der Waals surface area contributed by atoms with Gasteiger partial charge in [-0.25, -0.2) is 4.39 Å². The van der Waals surface area contributed by atoms with Crippen LogP contribution in [0.2, 0.25) is 0 Å². The molecule has 0 saturated carbocycles. The minimum Gasteiger partial charge on any atom is -0.467 e. The van der Waals surface area contributed by atoms with Gasteiger partial charge in [0.15, 0.2) is 11.0 Å². The molecule has 33 heavy (non-hydrogen) atoms. The smallest absolute Gasteiger partial charge is 0.233 e. The van der Waals surface area contributed by atoms with E-state index in [4.69, 9.17) is 4.42 Å². The first-order chi connectivity index (χ1) is 15.9. The summed E-state index contributed by atoms with van der Waals surface area (Å²) in [5.41, 5.74) is 2.91. The lowest BCUT2D eigenvalue weighted by atomic mass is 10.1. The second-order valence-electron chi connectivity index (χ2n) is 7.88. The molecule has 4 aromatic rings. The molecule has 2 aromatic heterocycles. The van der Waals surface area contributed by atoms with Crippen LogP contribution in [-0.4, -0.2) is 25.9 Å². The zero-order valence-electron chi connectivity index (χ0n) is 18.7. The van der Waals surface area contributed by atoms with Crippen molar-refractivity contribution in [1.82, 2.24) is 20.1 Å². The molecule has 0 aliphatic carbocycles. The number of halogens is 1. The maximum Gasteiger partial charge on any atom is 0.233 e. The number of hydrogen-bond acceptors (Lipinski definition) is 5. The first-order valence-corrected chi connectivity index (χ1v) is 11.5. The van der Waals surface area contributed by atoms with Crippen LogP contribution in [-0.2, 0) is 11.3 Å². The van der Waals surface area contributed by atoms with Gasteiger partial charge < -0.3 is 9.73 Å². The Bertz CT molecular complexity index is 1220. The van der Waals surface area contributed by atoms with Gasteiger partial charge in [0.05, 0.1) is 24.1 Å². The van der Waals surface area contributed by atoms with E-state index in [1.54, 1.807) is 18.4 Å². The molecule has 0 bridgehead atoms. The summed E-state index contributed by atoms with van der Waals surface area (Å²) >= 11 is 1.34. The number of hydrogen-bond donors (Lipinski definition) is 1. The lowest BCUT2D eigenvalue weighted by Crippen LogP contribution is -2.33. The molecule has 0 aliphatic heterocycles. The third kappa shape index (κ3) is 5.51. The van der Waals surface area contributed by atoms with Crippen molar-refractivity contribution in [2.24, 2.45) is 0 Å². The van der Waals surface area contributed by atoms with Gasteiger partial charge in [-0.1, -0.05) is 47.7 Å². The molecule has 2 atom stereocenters. The van der Waals surface area contributed by atoms with Gasteiger partial charge in [0.25, 0.3) is 0 Å². The summed E-state index contributed by atoms with van der Waals surface area (Å²) < 4.78 is 20.7. The third-order valence-electron chi connectivity index (χ3n) is 5.27. The highest BCUT2D eigenvalue weighted by atomic mass is 32.2. The van der Waals surface area contributed by atoms with Crippen LogP contribution >= 0.6 is 11.8 Å². The van der Waals surface area contributed by atoms with E-state index in [9.17, 15) is 9.18 Å². The van der Waals surface area contributed by atoms with Gasteiger partial charge in [0.2, 0.25) is 5.91 Å². The maximum absolute atomic E-state index is 13.2. The van der Waals surface area contributed by atoms with Gasteiger partial charge in [-0.2, -0.15) is 0 Å². The summed E-state index contributed by atoms with van der Waals surface area (Å²) in [5.74, 6) is 1.04. The summed E-state index contributed by atoms with van der Waals surface area (Å²) in [6.45, 7) is 6.18. The number of amides is 1. The highest BCUT2D eigenvalue weighted by Gasteiger charge is 2.23. The molecule has 8 heteroatoms. The summed E-state index contributed by atoms with van der Waals surface area (Å²) in [6.07, 6.45) is 1.63. The Hall–Kier alpha value is -3.39. The van der Waals surface area contributed by atoms with Gasteiger partial charge in [-0.3, -0.25) is 9.36 Å². The number of carbonyl (C=O) groups is 1. The van der Waals surface area contributed by atoms with Crippen LogP contribution in [0.4, 0.5) is 4.39 Å². The Morgan fingerprint density at radius 2 is 1.91 bits per heavy atom. The fourth-order valence-corrected chi connectivity index (χ4v) is 4.31. The van der Waals surface area contributed by atoms with E-state index in [0.717, 1.165) is 22.5 Å². The Morgan fingerprint density at radius 3 is 2.61 bits per heavy atom. The first-order valence-electron chi connectivity index (χ1n) is 10.7. The Balaban J connectivity index is 1.54. The molecule has 0 spiro atoms. The fourth-order valence-electron chi connectivity index (χ4n) is 3.45. The molecule has 0 radical (unpaired) electrons. The lowest BCUT2D eigenvalue weighted by molar-refractivity contribution is -0.120. The molecule has 0 unspecified atom stereocenters. The number of aryl methyl sites for hydroxylation is 1. The predicted molar refractivity (Wildman–Crippen MR) is 126 cm³/mol. The molecular weight excluding hydrogens is 439 g/mol. The minimum absolute atomic E-state index is 0.138. The van der Waals surface area contributed by atoms with Crippen molar-refractivity contribution in [3.8, 4) is 11.4 Å². The molecule has 0 aliphatic rings. The molecular formula is C25H25FN4O2S. The van der Waals surface area contributed by atoms with Gasteiger partial charge >= 0.3 is 0 Å². The second-order valence-corrected chi connectivity index (χ2v) is 9.19. The summed E-state index contributed by atoms with van der Waals surface area (Å²) in [4.78, 5) is 12.9. The molecule has 2 heterocycles. The zero-order valence-corrected chi connectivity index (χ0v) is 19.5. The van der Waals surface area contributed by atoms with E-state index >= 15 is 0 Å². The second kappa shape index (κ2) is 10.0. The first kappa shape index (κ1) is 22.8. The average Bonchev–Trinajstić information content (AvgIpc) is 3.45. The highest BCUT2D eigenvalue weighted by molar-refractivity contribution is 8.00. The Morgan fingerprint density at radius 1 is 1.12 bits per heavy atom. The topological polar surface area (TPSA) is 73.0 Å². The standard InChI is InChI=1S/C25H25FN4O2S/c1-16-6-4-7-20(14-16)23-28-29-25(30(23)15-22-8-5-13-32-22)33-18(3)24(31)27-17(2)19-9-11-21(26)12-10-19/h4-14,17-18H,15H2,1-3H3,(H,27,31)/t17-,18+/m1/s1. The van der Waals surface area contributed by atoms with Gasteiger partial charge in [0.1, 0.15) is 11.6 Å². The largest absolute Gasteiger partial charge is 0.467 e. The Kier molecular flexibility index (Phi) is 6.93. The van der Waals surface area contributed by atoms with Gasteiger partial charge in [-0.15, -0.1) is 10.2 Å². The van der Waals surface area contributed by atoms with Crippen molar-refractivity contribution in [1.29, 1.82) is 0 Å².